The summed E-state index contributed by atoms with van der Waals surface area (Å²) in [6.07, 6.45) is -4.34. The molecular formula is C14H21N2O9P. The molecule has 2 aliphatic heterocycles. The molecule has 0 spiro atoms. The van der Waals surface area contributed by atoms with Crippen molar-refractivity contribution < 1.29 is 43.6 Å². The van der Waals surface area contributed by atoms with Crippen molar-refractivity contribution in [1.82, 2.24) is 5.32 Å². The molecule has 12 heteroatoms. The number of amides is 1. The van der Waals surface area contributed by atoms with Gasteiger partial charge in [0, 0.05) is 0 Å². The summed E-state index contributed by atoms with van der Waals surface area (Å²) in [5.41, 5.74) is 6.22. The molecule has 146 valence electrons. The molecule has 0 bridgehead atoms. The normalized spacial score (nSPS) is 36.8. The smallest absolute Gasteiger partial charge is 0.339 e. The molecule has 3 unspecified atom stereocenters. The minimum Gasteiger partial charge on any atom is -0.481 e. The van der Waals surface area contributed by atoms with Gasteiger partial charge in [-0.05, 0) is 5.57 Å². The van der Waals surface area contributed by atoms with Crippen LogP contribution in [0.25, 0.3) is 0 Å². The highest BCUT2D eigenvalue weighted by atomic mass is 31.2. The Kier molecular flexibility index (Phi) is 6.35. The van der Waals surface area contributed by atoms with Crippen LogP contribution in [0.3, 0.4) is 0 Å². The van der Waals surface area contributed by atoms with E-state index in [1.54, 1.807) is 0 Å². The molecule has 11 nitrogen and oxygen atoms in total. The number of aliphatic hydroxyl groups excluding tert-OH is 2. The van der Waals surface area contributed by atoms with Crippen molar-refractivity contribution in [3.05, 3.63) is 24.3 Å². The van der Waals surface area contributed by atoms with E-state index in [1.165, 1.54) is 12.2 Å². The van der Waals surface area contributed by atoms with Gasteiger partial charge in [0.15, 0.2) is 0 Å². The van der Waals surface area contributed by atoms with Gasteiger partial charge in [-0.2, -0.15) is 0 Å². The number of ether oxygens (including phenoxy) is 1. The van der Waals surface area contributed by atoms with Crippen LogP contribution in [-0.2, 0) is 23.4 Å². The van der Waals surface area contributed by atoms with E-state index in [-0.39, 0.29) is 0 Å². The molecule has 0 saturated carbocycles. The maximum atomic E-state index is 12.1. The topological polar surface area (TPSA) is 189 Å². The molecule has 1 fully saturated rings. The average Bonchev–Trinajstić information content (AvgIpc) is 2.80. The number of carboxylic acid groups (broad SMARTS) is 1. The van der Waals surface area contributed by atoms with Crippen LogP contribution in [0.5, 0.6) is 0 Å². The lowest BCUT2D eigenvalue weighted by Crippen LogP contribution is -2.52. The summed E-state index contributed by atoms with van der Waals surface area (Å²) in [6, 6.07) is 0. The summed E-state index contributed by atoms with van der Waals surface area (Å²) in [6.45, 7) is 2.93. The summed E-state index contributed by atoms with van der Waals surface area (Å²) in [5, 5.41) is 31.3. The van der Waals surface area contributed by atoms with E-state index in [4.69, 9.17) is 15.6 Å². The highest BCUT2D eigenvalue weighted by Gasteiger charge is 2.49. The fourth-order valence-electron chi connectivity index (χ4n) is 2.78. The van der Waals surface area contributed by atoms with Crippen LogP contribution in [0.1, 0.15) is 0 Å². The van der Waals surface area contributed by atoms with Crippen molar-refractivity contribution in [1.29, 1.82) is 0 Å². The Labute approximate surface area is 148 Å². The second-order valence-electron chi connectivity index (χ2n) is 5.99. The molecule has 2 aliphatic rings. The largest absolute Gasteiger partial charge is 0.481 e. The lowest BCUT2D eigenvalue weighted by molar-refractivity contribution is -0.134. The van der Waals surface area contributed by atoms with Crippen molar-refractivity contribution in [3.8, 4) is 0 Å². The summed E-state index contributed by atoms with van der Waals surface area (Å²) in [4.78, 5) is 32.0. The fraction of sp³-hybridized carbons (Fsp3) is 0.571. The van der Waals surface area contributed by atoms with Crippen molar-refractivity contribution in [3.63, 3.8) is 0 Å². The van der Waals surface area contributed by atoms with Crippen LogP contribution in [-0.4, -0.2) is 75.4 Å². The summed E-state index contributed by atoms with van der Waals surface area (Å²) < 4.78 is 21.7. The first-order valence-corrected chi connectivity index (χ1v) is 9.42. The maximum Gasteiger partial charge on any atom is 0.339 e. The van der Waals surface area contributed by atoms with Crippen LogP contribution in [0.4, 0.5) is 0 Å². The van der Waals surface area contributed by atoms with Crippen LogP contribution in [0, 0.1) is 5.92 Å². The molecule has 7 atom stereocenters. The molecule has 0 aromatic carbocycles. The molecule has 0 radical (unpaired) electrons. The highest BCUT2D eigenvalue weighted by molar-refractivity contribution is 7.53. The third-order valence-electron chi connectivity index (χ3n) is 4.10. The molecule has 0 aromatic rings. The highest BCUT2D eigenvalue weighted by Crippen LogP contribution is 2.42. The number of hydrogen-bond acceptors (Lipinski definition) is 8. The SMILES string of the molecule is C=CC1=CC([C@H]2O[C@H](COP(=O)(O)CC(=O)O)[C@@H](O)[C@@H]2O)C(=O)NC1N. The third-order valence-corrected chi connectivity index (χ3v) is 5.32. The van der Waals surface area contributed by atoms with Gasteiger partial charge in [0.25, 0.3) is 0 Å². The Morgan fingerprint density at radius 1 is 1.46 bits per heavy atom. The minimum absolute atomic E-state index is 0.501. The Bertz CT molecular complexity index is 667. The summed E-state index contributed by atoms with van der Waals surface area (Å²) >= 11 is 0. The number of carbonyl (C=O) groups is 2. The standard InChI is InChI=1S/C14H21N2O9P/c1-2-6-3-7(14(21)16-13(6)15)12-11(20)10(19)8(25-12)4-24-26(22,23)5-9(17)18/h2-3,7-8,10-13,19-20H,1,4-5,15H2,(H,16,21)(H,17,18)(H,22,23)/t7?,8-,10-,11+,12-,13?/m1/s1. The van der Waals surface area contributed by atoms with Crippen LogP contribution in [0.15, 0.2) is 24.3 Å². The lowest BCUT2D eigenvalue weighted by atomic mass is 9.90. The second-order valence-corrected chi connectivity index (χ2v) is 7.84. The quantitative estimate of drug-likeness (QED) is 0.262. The van der Waals surface area contributed by atoms with Gasteiger partial charge in [0.1, 0.15) is 36.7 Å². The molecule has 0 aromatic heterocycles. The molecule has 26 heavy (non-hydrogen) atoms. The number of carboxylic acids is 1. The van der Waals surface area contributed by atoms with E-state index in [9.17, 15) is 29.3 Å². The zero-order chi connectivity index (χ0) is 19.6. The van der Waals surface area contributed by atoms with E-state index >= 15 is 0 Å². The first-order valence-electron chi connectivity index (χ1n) is 7.65. The number of carbonyl (C=O) groups excluding carboxylic acids is 1. The molecule has 1 amide bonds. The van der Waals surface area contributed by atoms with Gasteiger partial charge < -0.3 is 40.5 Å². The second kappa shape index (κ2) is 7.97. The van der Waals surface area contributed by atoms with E-state index in [2.05, 4.69) is 16.4 Å². The van der Waals surface area contributed by atoms with Gasteiger partial charge in [-0.25, -0.2) is 0 Å². The van der Waals surface area contributed by atoms with E-state index in [1.807, 2.05) is 0 Å². The van der Waals surface area contributed by atoms with Crippen LogP contribution in [0.2, 0.25) is 0 Å². The fourth-order valence-corrected chi connectivity index (χ4v) is 3.59. The number of aliphatic hydroxyl groups is 2. The Balaban J connectivity index is 2.08. The Morgan fingerprint density at radius 2 is 2.12 bits per heavy atom. The van der Waals surface area contributed by atoms with Gasteiger partial charge in [0.05, 0.1) is 12.5 Å². The van der Waals surface area contributed by atoms with E-state index < -0.39 is 68.7 Å². The van der Waals surface area contributed by atoms with Crippen LogP contribution < -0.4 is 11.1 Å². The first kappa shape index (κ1) is 20.7. The maximum absolute atomic E-state index is 12.1. The van der Waals surface area contributed by atoms with Gasteiger partial charge in [-0.1, -0.05) is 18.7 Å². The zero-order valence-electron chi connectivity index (χ0n) is 13.6. The first-order chi connectivity index (χ1) is 12.1. The van der Waals surface area contributed by atoms with Gasteiger partial charge in [0.2, 0.25) is 5.91 Å². The summed E-state index contributed by atoms with van der Waals surface area (Å²) in [7, 11) is -4.43. The van der Waals surface area contributed by atoms with Crippen molar-refractivity contribution in [2.75, 3.05) is 12.8 Å². The van der Waals surface area contributed by atoms with E-state index in [0.29, 0.717) is 5.57 Å². The monoisotopic (exact) mass is 392 g/mol. The van der Waals surface area contributed by atoms with Crippen molar-refractivity contribution in [2.24, 2.45) is 11.7 Å². The van der Waals surface area contributed by atoms with Gasteiger partial charge >= 0.3 is 13.6 Å². The number of nitrogens with one attached hydrogen (secondary N) is 1. The Hall–Kier alpha value is -1.59. The minimum atomic E-state index is -4.43. The van der Waals surface area contributed by atoms with Gasteiger partial charge in [-0.3, -0.25) is 14.2 Å². The van der Waals surface area contributed by atoms with E-state index in [0.717, 1.165) is 0 Å². The molecule has 2 heterocycles. The number of hydrogen-bond donors (Lipinski definition) is 6. The molecular weight excluding hydrogens is 371 g/mol. The van der Waals surface area contributed by atoms with Gasteiger partial charge in [-0.15, -0.1) is 0 Å². The number of aliphatic carboxylic acids is 1. The Morgan fingerprint density at radius 3 is 2.69 bits per heavy atom. The van der Waals surface area contributed by atoms with Crippen LogP contribution >= 0.6 is 7.60 Å². The predicted molar refractivity (Wildman–Crippen MR) is 86.8 cm³/mol. The van der Waals surface area contributed by atoms with Crippen molar-refractivity contribution >= 4 is 19.5 Å². The molecule has 0 aliphatic carbocycles. The average molecular weight is 392 g/mol. The number of rotatable bonds is 7. The molecule has 1 saturated heterocycles. The molecule has 7 N–H and O–H groups in total. The van der Waals surface area contributed by atoms with Crippen molar-refractivity contribution in [2.45, 2.75) is 30.6 Å². The predicted octanol–water partition coefficient (Wildman–Crippen LogP) is -2.09. The number of nitrogens with two attached hydrogens (primary N) is 1. The summed E-state index contributed by atoms with van der Waals surface area (Å²) in [5.74, 6) is -3.03. The lowest BCUT2D eigenvalue weighted by Gasteiger charge is -2.30. The molecule has 2 rings (SSSR count). The third kappa shape index (κ3) is 4.57. The zero-order valence-corrected chi connectivity index (χ0v) is 14.5.